The summed E-state index contributed by atoms with van der Waals surface area (Å²) in [6.45, 7) is 2.50. The maximum absolute atomic E-state index is 9.68. The van der Waals surface area contributed by atoms with Crippen LogP contribution in [0.5, 0.6) is 0 Å². The van der Waals surface area contributed by atoms with Crippen molar-refractivity contribution in [3.8, 4) is 11.4 Å². The van der Waals surface area contributed by atoms with Crippen molar-refractivity contribution in [2.45, 2.75) is 39.3 Å². The van der Waals surface area contributed by atoms with Crippen LogP contribution < -0.4 is 56.5 Å². The van der Waals surface area contributed by atoms with Gasteiger partial charge >= 0.3 is 51.4 Å². The van der Waals surface area contributed by atoms with Gasteiger partial charge in [-0.2, -0.15) is 5.21 Å². The van der Waals surface area contributed by atoms with Crippen LogP contribution in [0.1, 0.15) is 36.8 Å². The van der Waals surface area contributed by atoms with E-state index < -0.39 is 0 Å². The predicted molar refractivity (Wildman–Crippen MR) is 89.5 cm³/mol. The number of benzene rings is 1. The minimum atomic E-state index is -0.157. The molecular weight excluding hydrogens is 367 g/mol. The minimum absolute atomic E-state index is 0. The molecule has 7 nitrogen and oxygen atoms in total. The van der Waals surface area contributed by atoms with Crippen molar-refractivity contribution >= 4 is 11.6 Å². The van der Waals surface area contributed by atoms with E-state index in [9.17, 15) is 5.11 Å². The van der Waals surface area contributed by atoms with Gasteiger partial charge in [-0.1, -0.05) is 49.2 Å². The molecule has 1 aromatic carbocycles. The molecule has 0 aliphatic rings. The number of hydrogen-bond acceptors (Lipinski definition) is 5. The molecule has 0 saturated heterocycles. The van der Waals surface area contributed by atoms with Crippen LogP contribution in [-0.4, -0.2) is 30.2 Å². The van der Waals surface area contributed by atoms with Gasteiger partial charge in [0, 0.05) is 18.8 Å². The van der Waals surface area contributed by atoms with Gasteiger partial charge in [-0.25, -0.2) is 4.98 Å². The third-order valence-electron chi connectivity index (χ3n) is 3.91. The quantitative estimate of drug-likeness (QED) is 0.538. The molecular formula is C16H18ClKN6O. The molecule has 0 saturated carbocycles. The molecule has 25 heavy (non-hydrogen) atoms. The first-order valence-corrected chi connectivity index (χ1v) is 8.24. The first kappa shape index (κ1) is 20.7. The number of rotatable bonds is 7. The zero-order valence-electron chi connectivity index (χ0n) is 14.4. The van der Waals surface area contributed by atoms with Gasteiger partial charge in [0.2, 0.25) is 0 Å². The van der Waals surface area contributed by atoms with Gasteiger partial charge in [0.15, 0.2) is 5.15 Å². The number of aryl methyl sites for hydroxylation is 1. The second-order valence-corrected chi connectivity index (χ2v) is 5.83. The number of aliphatic hydroxyl groups excluding tert-OH is 1. The summed E-state index contributed by atoms with van der Waals surface area (Å²) in [6.07, 6.45) is 2.89. The van der Waals surface area contributed by atoms with Crippen molar-refractivity contribution in [3.63, 3.8) is 0 Å². The van der Waals surface area contributed by atoms with E-state index in [0.717, 1.165) is 36.2 Å². The van der Waals surface area contributed by atoms with Crippen LogP contribution in [0.25, 0.3) is 11.4 Å². The van der Waals surface area contributed by atoms with Crippen LogP contribution in [0.2, 0.25) is 5.15 Å². The van der Waals surface area contributed by atoms with Crippen LogP contribution in [-0.2, 0) is 19.6 Å². The van der Waals surface area contributed by atoms with Crippen LogP contribution >= 0.6 is 11.6 Å². The smallest absolute Gasteiger partial charge is 0.390 e. The number of halogens is 1. The van der Waals surface area contributed by atoms with Gasteiger partial charge in [-0.05, 0) is 17.5 Å². The Morgan fingerprint density at radius 1 is 1.28 bits per heavy atom. The Bertz CT molecular complexity index is 805. The summed E-state index contributed by atoms with van der Waals surface area (Å²) in [7, 11) is 0. The van der Waals surface area contributed by atoms with Gasteiger partial charge in [-0.15, -0.1) is 0 Å². The Morgan fingerprint density at radius 2 is 2.08 bits per heavy atom. The fourth-order valence-corrected chi connectivity index (χ4v) is 2.93. The average Bonchev–Trinajstić information content (AvgIpc) is 3.22. The summed E-state index contributed by atoms with van der Waals surface area (Å²) in [5.74, 6) is 1.36. The topological polar surface area (TPSA) is 90.8 Å². The Hall–Kier alpha value is -0.614. The van der Waals surface area contributed by atoms with E-state index in [-0.39, 0.29) is 58.0 Å². The molecule has 0 aliphatic carbocycles. The monoisotopic (exact) mass is 384 g/mol. The van der Waals surface area contributed by atoms with Crippen molar-refractivity contribution in [2.24, 2.45) is 0 Å². The molecule has 3 rings (SSSR count). The molecule has 1 N–H and O–H groups in total. The largest absolute Gasteiger partial charge is 1.00 e. The van der Waals surface area contributed by atoms with Gasteiger partial charge in [0.1, 0.15) is 5.82 Å². The molecule has 0 radical (unpaired) electrons. The van der Waals surface area contributed by atoms with E-state index in [1.54, 1.807) is 0 Å². The third kappa shape index (κ3) is 4.76. The van der Waals surface area contributed by atoms with Crippen LogP contribution in [0.15, 0.2) is 24.3 Å². The molecule has 9 heteroatoms. The summed E-state index contributed by atoms with van der Waals surface area (Å²) in [5, 5.41) is 25.0. The van der Waals surface area contributed by atoms with Gasteiger partial charge in [0.05, 0.1) is 12.3 Å². The van der Waals surface area contributed by atoms with Crippen LogP contribution in [0.4, 0.5) is 0 Å². The fourth-order valence-electron chi connectivity index (χ4n) is 2.67. The zero-order valence-corrected chi connectivity index (χ0v) is 18.2. The standard InChI is InChI=1S/C16H18ClN6O.K/c1-2-3-8-14-18-15(17)13(10-24)23(14)9-11-6-4-5-7-12(11)16-19-21-22-20-16;/h4-7,24H,2-3,8-10H2,1H3;/q-1;+1. The first-order valence-electron chi connectivity index (χ1n) is 7.86. The minimum Gasteiger partial charge on any atom is -0.390 e. The summed E-state index contributed by atoms with van der Waals surface area (Å²) >= 11 is 6.20. The maximum atomic E-state index is 9.68. The Kier molecular flexibility index (Phi) is 8.21. The number of hydrogen-bond donors (Lipinski definition) is 1. The van der Waals surface area contributed by atoms with Crippen molar-refractivity contribution in [3.05, 3.63) is 46.5 Å². The van der Waals surface area contributed by atoms with E-state index in [1.165, 1.54) is 0 Å². The Morgan fingerprint density at radius 3 is 2.76 bits per heavy atom. The van der Waals surface area contributed by atoms with E-state index >= 15 is 0 Å². The third-order valence-corrected chi connectivity index (χ3v) is 4.21. The first-order chi connectivity index (χ1) is 11.7. The van der Waals surface area contributed by atoms with Crippen molar-refractivity contribution in [2.75, 3.05) is 0 Å². The summed E-state index contributed by atoms with van der Waals surface area (Å²) in [4.78, 5) is 4.42. The predicted octanol–water partition coefficient (Wildman–Crippen LogP) is -0.767. The van der Waals surface area contributed by atoms with Gasteiger partial charge in [-0.3, -0.25) is 10.3 Å². The molecule has 3 aromatic rings. The van der Waals surface area contributed by atoms with Crippen LogP contribution in [0.3, 0.4) is 0 Å². The normalized spacial score (nSPS) is 10.7. The molecule has 0 aliphatic heterocycles. The van der Waals surface area contributed by atoms with Crippen molar-refractivity contribution < 1.29 is 56.5 Å². The van der Waals surface area contributed by atoms with E-state index in [2.05, 4.69) is 32.5 Å². The fraction of sp³-hybridized carbons (Fsp3) is 0.375. The van der Waals surface area contributed by atoms with E-state index in [4.69, 9.17) is 11.6 Å². The maximum Gasteiger partial charge on any atom is 1.00 e. The summed E-state index contributed by atoms with van der Waals surface area (Å²) in [5.41, 5.74) is 2.48. The van der Waals surface area contributed by atoms with Gasteiger partial charge < -0.3 is 14.8 Å². The molecule has 0 bridgehead atoms. The number of imidazole rings is 1. The summed E-state index contributed by atoms with van der Waals surface area (Å²) in [6, 6.07) is 7.79. The number of nitrogens with zero attached hydrogens (tertiary/aromatic N) is 6. The second-order valence-electron chi connectivity index (χ2n) is 5.47. The van der Waals surface area contributed by atoms with Gasteiger partial charge in [0.25, 0.3) is 0 Å². The SMILES string of the molecule is CCCCc1nc(Cl)c(CO)n1Cc1ccccc1-c1nnn[n-]1.[K+]. The second kappa shape index (κ2) is 9.91. The van der Waals surface area contributed by atoms with E-state index in [0.29, 0.717) is 23.2 Å². The molecule has 2 heterocycles. The number of unbranched alkanes of at least 4 members (excludes halogenated alkanes) is 1. The van der Waals surface area contributed by atoms with E-state index in [1.807, 2.05) is 28.8 Å². The summed E-state index contributed by atoms with van der Waals surface area (Å²) < 4.78 is 1.97. The molecule has 2 aromatic heterocycles. The molecule has 0 amide bonds. The average molecular weight is 385 g/mol. The molecule has 126 valence electrons. The number of aromatic nitrogens is 6. The zero-order chi connectivity index (χ0) is 16.9. The van der Waals surface area contributed by atoms with Crippen molar-refractivity contribution in [1.82, 2.24) is 30.2 Å². The molecule has 0 spiro atoms. The Labute approximate surface area is 193 Å². The van der Waals surface area contributed by atoms with Crippen molar-refractivity contribution in [1.29, 1.82) is 0 Å². The molecule has 0 unspecified atom stereocenters. The van der Waals surface area contributed by atoms with Crippen LogP contribution in [0, 0.1) is 0 Å². The Balaban J connectivity index is 0.00000225. The number of aliphatic hydroxyl groups is 1. The number of tetrazole rings is 1. The molecule has 0 fully saturated rings. The molecule has 0 atom stereocenters.